The van der Waals surface area contributed by atoms with Gasteiger partial charge in [0.2, 0.25) is 0 Å². The highest BCUT2D eigenvalue weighted by molar-refractivity contribution is 6.33. The van der Waals surface area contributed by atoms with Gasteiger partial charge in [0.05, 0.1) is 4.92 Å². The average molecular weight is 220 g/mol. The van der Waals surface area contributed by atoms with Gasteiger partial charge in [-0.2, -0.15) is 0 Å². The number of nitro benzene ring substituents is 1. The number of aromatic carboxylic acids is 1. The highest BCUT2D eigenvalue weighted by Crippen LogP contribution is 2.30. The van der Waals surface area contributed by atoms with Gasteiger partial charge in [-0.1, -0.05) is 11.6 Å². The quantitative estimate of drug-likeness (QED) is 0.610. The zero-order valence-electron chi connectivity index (χ0n) is 6.53. The first-order chi connectivity index (χ1) is 6.45. The summed E-state index contributed by atoms with van der Waals surface area (Å²) in [7, 11) is 0. The van der Waals surface area contributed by atoms with Crippen molar-refractivity contribution in [2.75, 3.05) is 0 Å². The van der Waals surface area contributed by atoms with E-state index >= 15 is 0 Å². The van der Waals surface area contributed by atoms with Crippen LogP contribution < -0.4 is 0 Å². The minimum absolute atomic E-state index is 0.409. The minimum Gasteiger partial charge on any atom is -0.477 e. The third kappa shape index (κ3) is 1.64. The fourth-order valence-electron chi connectivity index (χ4n) is 0.923. The smallest absolute Gasteiger partial charge is 0.345 e. The zero-order chi connectivity index (χ0) is 10.9. The molecule has 0 radical (unpaired) electrons. The molecule has 0 aliphatic rings. The monoisotopic (exact) mass is 219 g/mol. The van der Waals surface area contributed by atoms with E-state index in [-0.39, 0.29) is 0 Å². The molecule has 0 saturated carbocycles. The van der Waals surface area contributed by atoms with Gasteiger partial charge >= 0.3 is 11.7 Å². The average Bonchev–Trinajstić information content (AvgIpc) is 2.07. The molecule has 14 heavy (non-hydrogen) atoms. The van der Waals surface area contributed by atoms with Crippen molar-refractivity contribution in [3.05, 3.63) is 38.7 Å². The zero-order valence-corrected chi connectivity index (χ0v) is 7.29. The first kappa shape index (κ1) is 10.4. The lowest BCUT2D eigenvalue weighted by Gasteiger charge is -2.00. The van der Waals surface area contributed by atoms with Crippen LogP contribution in [0.4, 0.5) is 10.1 Å². The predicted octanol–water partition coefficient (Wildman–Crippen LogP) is 2.09. The van der Waals surface area contributed by atoms with Gasteiger partial charge in [0.1, 0.15) is 10.8 Å². The van der Waals surface area contributed by atoms with Crippen LogP contribution in [0.25, 0.3) is 0 Å². The van der Waals surface area contributed by atoms with Gasteiger partial charge in [0, 0.05) is 0 Å². The van der Waals surface area contributed by atoms with Crippen LogP contribution in [0.3, 0.4) is 0 Å². The maximum Gasteiger partial charge on any atom is 0.345 e. The SMILES string of the molecule is O=C(O)c1c(F)ccc(Cl)c1[N+](=O)[O-]. The minimum atomic E-state index is -1.73. The second-order valence-electron chi connectivity index (χ2n) is 2.32. The van der Waals surface area contributed by atoms with Crippen molar-refractivity contribution in [2.24, 2.45) is 0 Å². The van der Waals surface area contributed by atoms with Crippen LogP contribution in [0.2, 0.25) is 5.02 Å². The molecule has 7 heteroatoms. The molecule has 0 aliphatic heterocycles. The Kier molecular flexibility index (Phi) is 2.66. The van der Waals surface area contributed by atoms with E-state index in [0.29, 0.717) is 0 Å². The van der Waals surface area contributed by atoms with E-state index in [2.05, 4.69) is 0 Å². The Bertz CT molecular complexity index is 381. The molecule has 0 aliphatic carbocycles. The molecule has 0 bridgehead atoms. The molecule has 0 unspecified atom stereocenters. The molecule has 1 rings (SSSR count). The van der Waals surface area contributed by atoms with Gasteiger partial charge in [-0.25, -0.2) is 9.18 Å². The van der Waals surface area contributed by atoms with Crippen molar-refractivity contribution in [1.82, 2.24) is 0 Å². The molecule has 0 spiro atoms. The van der Waals surface area contributed by atoms with Crippen LogP contribution in [-0.2, 0) is 0 Å². The summed E-state index contributed by atoms with van der Waals surface area (Å²) in [5, 5.41) is 18.5. The molecule has 0 fully saturated rings. The number of carboxylic acids is 1. The first-order valence-corrected chi connectivity index (χ1v) is 3.68. The third-order valence-corrected chi connectivity index (χ3v) is 1.78. The fraction of sp³-hybridized carbons (Fsp3) is 0. The summed E-state index contributed by atoms with van der Waals surface area (Å²) in [5.41, 5.74) is -1.96. The van der Waals surface area contributed by atoms with Crippen LogP contribution in [0, 0.1) is 15.9 Å². The topological polar surface area (TPSA) is 80.4 Å². The number of halogens is 2. The highest BCUT2D eigenvalue weighted by Gasteiger charge is 2.27. The van der Waals surface area contributed by atoms with Crippen LogP contribution in [-0.4, -0.2) is 16.0 Å². The molecule has 74 valence electrons. The Hall–Kier alpha value is -1.69. The van der Waals surface area contributed by atoms with E-state index in [9.17, 15) is 19.3 Å². The van der Waals surface area contributed by atoms with Crippen LogP contribution in [0.5, 0.6) is 0 Å². The molecule has 0 aromatic heterocycles. The maximum atomic E-state index is 12.9. The summed E-state index contributed by atoms with van der Waals surface area (Å²) in [6, 6.07) is 1.69. The summed E-state index contributed by atoms with van der Waals surface area (Å²) < 4.78 is 12.9. The molecule has 0 heterocycles. The van der Waals surface area contributed by atoms with E-state index in [0.717, 1.165) is 12.1 Å². The second kappa shape index (κ2) is 3.59. The van der Waals surface area contributed by atoms with E-state index < -0.39 is 33.0 Å². The Morgan fingerprint density at radius 3 is 2.50 bits per heavy atom. The van der Waals surface area contributed by atoms with Crippen molar-refractivity contribution in [2.45, 2.75) is 0 Å². The van der Waals surface area contributed by atoms with Gasteiger partial charge in [0.25, 0.3) is 0 Å². The number of carboxylic acid groups (broad SMARTS) is 1. The van der Waals surface area contributed by atoms with Gasteiger partial charge in [-0.3, -0.25) is 10.1 Å². The number of nitro groups is 1. The Morgan fingerprint density at radius 1 is 1.57 bits per heavy atom. The normalized spacial score (nSPS) is 9.86. The van der Waals surface area contributed by atoms with E-state index in [1.165, 1.54) is 0 Å². The molecule has 5 nitrogen and oxygen atoms in total. The molecular formula is C7H3ClFNO4. The molecule has 1 N–H and O–H groups in total. The lowest BCUT2D eigenvalue weighted by molar-refractivity contribution is -0.385. The number of carbonyl (C=O) groups is 1. The lowest BCUT2D eigenvalue weighted by Crippen LogP contribution is -2.06. The lowest BCUT2D eigenvalue weighted by atomic mass is 10.1. The van der Waals surface area contributed by atoms with E-state index in [4.69, 9.17) is 16.7 Å². The molecule has 0 atom stereocenters. The number of nitrogens with zero attached hydrogens (tertiary/aromatic N) is 1. The molecule has 0 saturated heterocycles. The predicted molar refractivity (Wildman–Crippen MR) is 45.0 cm³/mol. The fourth-order valence-corrected chi connectivity index (χ4v) is 1.15. The summed E-state index contributed by atoms with van der Waals surface area (Å²) >= 11 is 5.37. The van der Waals surface area contributed by atoms with Crippen molar-refractivity contribution >= 4 is 23.3 Å². The van der Waals surface area contributed by atoms with Crippen molar-refractivity contribution in [3.63, 3.8) is 0 Å². The van der Waals surface area contributed by atoms with Crippen molar-refractivity contribution in [1.29, 1.82) is 0 Å². The van der Waals surface area contributed by atoms with Crippen molar-refractivity contribution in [3.8, 4) is 0 Å². The number of rotatable bonds is 2. The van der Waals surface area contributed by atoms with E-state index in [1.54, 1.807) is 0 Å². The van der Waals surface area contributed by atoms with Crippen molar-refractivity contribution < 1.29 is 19.2 Å². The Labute approximate surface area is 81.9 Å². The second-order valence-corrected chi connectivity index (χ2v) is 2.72. The Morgan fingerprint density at radius 2 is 2.14 bits per heavy atom. The molecule has 1 aromatic rings. The van der Waals surface area contributed by atoms with Crippen LogP contribution in [0.15, 0.2) is 12.1 Å². The highest BCUT2D eigenvalue weighted by atomic mass is 35.5. The largest absolute Gasteiger partial charge is 0.477 e. The van der Waals surface area contributed by atoms with Crippen LogP contribution >= 0.6 is 11.6 Å². The van der Waals surface area contributed by atoms with E-state index in [1.807, 2.05) is 0 Å². The number of hydrogen-bond donors (Lipinski definition) is 1. The van der Waals surface area contributed by atoms with Crippen LogP contribution in [0.1, 0.15) is 10.4 Å². The third-order valence-electron chi connectivity index (χ3n) is 1.47. The standard InChI is InChI=1S/C7H3ClFNO4/c8-3-1-2-4(9)5(7(11)12)6(3)10(13)14/h1-2H,(H,11,12). The molecular weight excluding hydrogens is 217 g/mol. The maximum absolute atomic E-state index is 12.9. The van der Waals surface area contributed by atoms with Gasteiger partial charge < -0.3 is 5.11 Å². The summed E-state index contributed by atoms with van der Waals surface area (Å²) in [5.74, 6) is -2.91. The molecule has 1 aromatic carbocycles. The number of benzene rings is 1. The van der Waals surface area contributed by atoms with Gasteiger partial charge in [-0.05, 0) is 12.1 Å². The Balaban J connectivity index is 3.58. The summed E-state index contributed by atoms with van der Waals surface area (Å²) in [6.07, 6.45) is 0. The van der Waals surface area contributed by atoms with Gasteiger partial charge in [0.15, 0.2) is 5.56 Å². The first-order valence-electron chi connectivity index (χ1n) is 3.31. The number of hydrogen-bond acceptors (Lipinski definition) is 3. The molecule has 0 amide bonds. The summed E-state index contributed by atoms with van der Waals surface area (Å²) in [6.45, 7) is 0. The summed E-state index contributed by atoms with van der Waals surface area (Å²) in [4.78, 5) is 19.9. The van der Waals surface area contributed by atoms with Gasteiger partial charge in [-0.15, -0.1) is 0 Å².